The second-order valence-corrected chi connectivity index (χ2v) is 8.53. The van der Waals surface area contributed by atoms with Crippen LogP contribution in [0.3, 0.4) is 0 Å². The number of benzene rings is 1. The van der Waals surface area contributed by atoms with Gasteiger partial charge in [0, 0.05) is 19.3 Å². The van der Waals surface area contributed by atoms with Crippen LogP contribution >= 0.6 is 0 Å². The van der Waals surface area contributed by atoms with Crippen LogP contribution in [-0.2, 0) is 19.7 Å². The predicted molar refractivity (Wildman–Crippen MR) is 104 cm³/mol. The van der Waals surface area contributed by atoms with E-state index in [0.717, 1.165) is 17.3 Å². The first-order chi connectivity index (χ1) is 13.8. The number of nitrogens with zero attached hydrogens (tertiary/aromatic N) is 2. The summed E-state index contributed by atoms with van der Waals surface area (Å²) in [5.74, 6) is -0.449. The third-order valence-corrected chi connectivity index (χ3v) is 6.51. The highest BCUT2D eigenvalue weighted by atomic mass is 32.2. The van der Waals surface area contributed by atoms with Gasteiger partial charge in [-0.1, -0.05) is 4.47 Å². The van der Waals surface area contributed by atoms with Gasteiger partial charge in [-0.15, -0.1) is 0 Å². The molecule has 0 bridgehead atoms. The number of rotatable bonds is 6. The van der Waals surface area contributed by atoms with Crippen LogP contribution < -0.4 is 5.32 Å². The Kier molecular flexibility index (Phi) is 6.36. The minimum atomic E-state index is -3.76. The summed E-state index contributed by atoms with van der Waals surface area (Å²) >= 11 is 0. The lowest BCUT2D eigenvalue weighted by molar-refractivity contribution is -0.121. The predicted octanol–water partition coefficient (Wildman–Crippen LogP) is 2.09. The maximum atomic E-state index is 12.8. The average Bonchev–Trinajstić information content (AvgIpc) is 3.27. The molecule has 1 aromatic carbocycles. The minimum Gasteiger partial charge on any atom is -0.459 e. The lowest BCUT2D eigenvalue weighted by atomic mass is 10.0. The summed E-state index contributed by atoms with van der Waals surface area (Å²) in [5, 5.41) is 2.76. The molecule has 0 saturated carbocycles. The highest BCUT2D eigenvalue weighted by Gasteiger charge is 2.33. The number of hydrogen-bond acceptors (Lipinski definition) is 6. The smallest absolute Gasteiger partial charge is 0.290 e. The Morgan fingerprint density at radius 2 is 1.93 bits per heavy atom. The molecule has 1 saturated heterocycles. The van der Waals surface area contributed by atoms with Gasteiger partial charge in [0.25, 0.3) is 15.9 Å². The summed E-state index contributed by atoms with van der Waals surface area (Å²) in [6.07, 6.45) is 3.61. The molecule has 1 fully saturated rings. The Hall–Kier alpha value is -2.69. The van der Waals surface area contributed by atoms with Crippen LogP contribution in [0, 0.1) is 0 Å². The fraction of sp³-hybridized carbons (Fsp3) is 0.368. The van der Waals surface area contributed by atoms with E-state index in [1.165, 1.54) is 49.6 Å². The molecule has 1 aliphatic heterocycles. The summed E-state index contributed by atoms with van der Waals surface area (Å²) in [5.41, 5.74) is 0.435. The van der Waals surface area contributed by atoms with Crippen molar-refractivity contribution >= 4 is 27.5 Å². The fourth-order valence-corrected chi connectivity index (χ4v) is 4.14. The molecule has 2 aromatic rings. The number of hydrogen-bond donors (Lipinski definition) is 1. The number of nitrogens with one attached hydrogen (secondary N) is 1. The number of anilines is 1. The van der Waals surface area contributed by atoms with Gasteiger partial charge >= 0.3 is 0 Å². The highest BCUT2D eigenvalue weighted by Crippen LogP contribution is 2.23. The van der Waals surface area contributed by atoms with Crippen molar-refractivity contribution in [2.75, 3.05) is 26.0 Å². The average molecular weight is 421 g/mol. The maximum absolute atomic E-state index is 12.8. The van der Waals surface area contributed by atoms with E-state index in [1.54, 1.807) is 12.1 Å². The van der Waals surface area contributed by atoms with Crippen LogP contribution in [0.2, 0.25) is 0 Å². The Bertz CT molecular complexity index is 956. The van der Waals surface area contributed by atoms with Gasteiger partial charge < -0.3 is 14.6 Å². The zero-order chi connectivity index (χ0) is 21.0. The van der Waals surface area contributed by atoms with Gasteiger partial charge in [0.05, 0.1) is 18.3 Å². The highest BCUT2D eigenvalue weighted by molar-refractivity contribution is 7.89. The Morgan fingerprint density at radius 1 is 1.21 bits per heavy atom. The van der Waals surface area contributed by atoms with Crippen molar-refractivity contribution in [1.82, 2.24) is 9.37 Å². The van der Waals surface area contributed by atoms with Gasteiger partial charge in [0.1, 0.15) is 6.04 Å². The van der Waals surface area contributed by atoms with E-state index in [2.05, 4.69) is 5.32 Å². The number of amides is 2. The Balaban J connectivity index is 1.72. The molecule has 0 radical (unpaired) electrons. The van der Waals surface area contributed by atoms with Crippen molar-refractivity contribution < 1.29 is 27.3 Å². The third kappa shape index (κ3) is 4.50. The number of carbonyl (C=O) groups is 2. The van der Waals surface area contributed by atoms with Crippen molar-refractivity contribution in [2.24, 2.45) is 0 Å². The monoisotopic (exact) mass is 421 g/mol. The molecular formula is C19H23N3O6S. The number of carbonyl (C=O) groups excluding carboxylic acids is 2. The summed E-state index contributed by atoms with van der Waals surface area (Å²) in [6, 6.07) is 8.33. The molecule has 1 aliphatic rings. The quantitative estimate of drug-likeness (QED) is 0.716. The first-order valence-electron chi connectivity index (χ1n) is 9.13. The maximum Gasteiger partial charge on any atom is 0.290 e. The molecule has 2 amide bonds. The molecular weight excluding hydrogens is 398 g/mol. The lowest BCUT2D eigenvalue weighted by Crippen LogP contribution is -2.49. The van der Waals surface area contributed by atoms with E-state index in [0.29, 0.717) is 18.7 Å². The minimum absolute atomic E-state index is 0.0344. The standard InChI is InChI=1S/C19H23N3O6S/c1-21(27-2)29(25,26)15-10-8-14(9-11-15)20-18(23)16-6-3-4-12-22(16)19(24)17-7-5-13-28-17/h5,7-11,13,16H,3-4,6,12H2,1-2H3,(H,20,23). The molecule has 156 valence electrons. The van der Waals surface area contributed by atoms with Crippen LogP contribution in [0.25, 0.3) is 0 Å². The molecule has 10 heteroatoms. The van der Waals surface area contributed by atoms with Gasteiger partial charge in [-0.3, -0.25) is 14.4 Å². The van der Waals surface area contributed by atoms with Gasteiger partial charge in [-0.25, -0.2) is 8.42 Å². The molecule has 0 spiro atoms. The Labute approximate surface area is 169 Å². The van der Waals surface area contributed by atoms with Gasteiger partial charge in [0.2, 0.25) is 5.91 Å². The van der Waals surface area contributed by atoms with E-state index in [1.807, 2.05) is 0 Å². The van der Waals surface area contributed by atoms with Crippen LogP contribution in [0.15, 0.2) is 52.0 Å². The zero-order valence-corrected chi connectivity index (χ0v) is 17.0. The summed E-state index contributed by atoms with van der Waals surface area (Å²) in [4.78, 5) is 31.7. The van der Waals surface area contributed by atoms with Crippen molar-refractivity contribution in [3.8, 4) is 0 Å². The van der Waals surface area contributed by atoms with Crippen molar-refractivity contribution in [3.05, 3.63) is 48.4 Å². The van der Waals surface area contributed by atoms with Crippen LogP contribution in [0.5, 0.6) is 0 Å². The normalized spacial score (nSPS) is 17.3. The van der Waals surface area contributed by atoms with Crippen LogP contribution in [0.4, 0.5) is 5.69 Å². The number of piperidine rings is 1. The summed E-state index contributed by atoms with van der Waals surface area (Å²) in [6.45, 7) is 0.470. The second-order valence-electron chi connectivity index (χ2n) is 6.60. The van der Waals surface area contributed by atoms with Crippen LogP contribution in [0.1, 0.15) is 29.8 Å². The molecule has 1 unspecified atom stereocenters. The van der Waals surface area contributed by atoms with Gasteiger partial charge in [-0.05, 0) is 55.7 Å². The summed E-state index contributed by atoms with van der Waals surface area (Å²) < 4.78 is 30.4. The first-order valence-corrected chi connectivity index (χ1v) is 10.6. The number of hydroxylamine groups is 1. The molecule has 29 heavy (non-hydrogen) atoms. The molecule has 1 aromatic heterocycles. The van der Waals surface area contributed by atoms with E-state index in [-0.39, 0.29) is 22.5 Å². The topological polar surface area (TPSA) is 109 Å². The SMILES string of the molecule is CON(C)S(=O)(=O)c1ccc(NC(=O)C2CCCCN2C(=O)c2ccco2)cc1. The van der Waals surface area contributed by atoms with E-state index in [4.69, 9.17) is 9.25 Å². The largest absolute Gasteiger partial charge is 0.459 e. The Morgan fingerprint density at radius 3 is 2.55 bits per heavy atom. The number of furan rings is 1. The van der Waals surface area contributed by atoms with E-state index < -0.39 is 16.1 Å². The van der Waals surface area contributed by atoms with Crippen molar-refractivity contribution in [1.29, 1.82) is 0 Å². The van der Waals surface area contributed by atoms with E-state index >= 15 is 0 Å². The number of likely N-dealkylation sites (tertiary alicyclic amines) is 1. The van der Waals surface area contributed by atoms with E-state index in [9.17, 15) is 18.0 Å². The van der Waals surface area contributed by atoms with Gasteiger partial charge in [-0.2, -0.15) is 0 Å². The molecule has 1 N–H and O–H groups in total. The number of sulfonamides is 1. The fourth-order valence-electron chi connectivity index (χ4n) is 3.17. The molecule has 1 atom stereocenters. The van der Waals surface area contributed by atoms with Crippen molar-refractivity contribution in [3.63, 3.8) is 0 Å². The first kappa shape index (κ1) is 21.0. The van der Waals surface area contributed by atoms with Crippen molar-refractivity contribution in [2.45, 2.75) is 30.2 Å². The molecule has 9 nitrogen and oxygen atoms in total. The molecule has 2 heterocycles. The molecule has 3 rings (SSSR count). The third-order valence-electron chi connectivity index (χ3n) is 4.81. The second kappa shape index (κ2) is 8.76. The summed E-state index contributed by atoms with van der Waals surface area (Å²) in [7, 11) is -1.22. The zero-order valence-electron chi connectivity index (χ0n) is 16.2. The lowest BCUT2D eigenvalue weighted by Gasteiger charge is -2.34. The molecule has 0 aliphatic carbocycles. The van der Waals surface area contributed by atoms with Gasteiger partial charge in [0.15, 0.2) is 5.76 Å². The van der Waals surface area contributed by atoms with Crippen LogP contribution in [-0.4, -0.2) is 56.3 Å².